The van der Waals surface area contributed by atoms with E-state index in [0.717, 1.165) is 24.7 Å². The quantitative estimate of drug-likeness (QED) is 0.607. The van der Waals surface area contributed by atoms with E-state index in [4.69, 9.17) is 9.47 Å². The molecule has 2 nitrogen and oxygen atoms in total. The first-order valence-corrected chi connectivity index (χ1v) is 6.35. The lowest BCUT2D eigenvalue weighted by molar-refractivity contribution is 0.116. The Balaban J connectivity index is 2.24. The molecule has 0 aromatic carbocycles. The van der Waals surface area contributed by atoms with E-state index < -0.39 is 0 Å². The van der Waals surface area contributed by atoms with Gasteiger partial charge >= 0.3 is 0 Å². The van der Waals surface area contributed by atoms with Crippen molar-refractivity contribution in [1.82, 2.24) is 0 Å². The molecule has 1 aliphatic heterocycles. The molecule has 72 valence electrons. The monoisotopic (exact) mass is 208 g/mol. The predicted molar refractivity (Wildman–Crippen MR) is 55.7 cm³/mol. The van der Waals surface area contributed by atoms with Crippen molar-refractivity contribution in [3.8, 4) is 0 Å². The molecule has 0 bridgehead atoms. The second-order valence-electron chi connectivity index (χ2n) is 2.63. The fourth-order valence-corrected chi connectivity index (χ4v) is 2.52. The van der Waals surface area contributed by atoms with Gasteiger partial charge < -0.3 is 9.47 Å². The third kappa shape index (κ3) is 4.60. The molecule has 0 aromatic rings. The van der Waals surface area contributed by atoms with Gasteiger partial charge in [0, 0.05) is 11.5 Å². The summed E-state index contributed by atoms with van der Waals surface area (Å²) in [6, 6.07) is 0. The first-order chi connectivity index (χ1) is 5.79. The minimum Gasteiger partial charge on any atom is -0.367 e. The molecule has 4 heteroatoms. The smallest absolute Gasteiger partial charge is 0.102 e. The van der Waals surface area contributed by atoms with Crippen molar-refractivity contribution in [2.75, 3.05) is 24.7 Å². The minimum absolute atomic E-state index is 0.263. The van der Waals surface area contributed by atoms with E-state index in [1.54, 1.807) is 11.8 Å². The van der Waals surface area contributed by atoms with Crippen LogP contribution in [0.25, 0.3) is 0 Å². The van der Waals surface area contributed by atoms with Gasteiger partial charge in [-0.15, -0.1) is 0 Å². The average Bonchev–Trinajstić information content (AvgIpc) is 2.02. The highest BCUT2D eigenvalue weighted by molar-refractivity contribution is 8.00. The Labute approximate surface area is 82.8 Å². The first kappa shape index (κ1) is 10.7. The molecule has 2 unspecified atom stereocenters. The first-order valence-electron chi connectivity index (χ1n) is 4.25. The zero-order chi connectivity index (χ0) is 8.81. The van der Waals surface area contributed by atoms with E-state index in [9.17, 15) is 0 Å². The minimum atomic E-state index is 0.263. The van der Waals surface area contributed by atoms with Crippen LogP contribution in [0.4, 0.5) is 0 Å². The normalized spacial score (nSPS) is 34.5. The van der Waals surface area contributed by atoms with Crippen LogP contribution in [0, 0.1) is 0 Å². The molecule has 0 aromatic heterocycles. The van der Waals surface area contributed by atoms with Gasteiger partial charge in [0.2, 0.25) is 0 Å². The molecular weight excluding hydrogens is 192 g/mol. The summed E-state index contributed by atoms with van der Waals surface area (Å²) in [4.78, 5) is 0. The van der Waals surface area contributed by atoms with E-state index in [2.05, 4.69) is 13.8 Å². The van der Waals surface area contributed by atoms with Crippen LogP contribution in [0.3, 0.4) is 0 Å². The summed E-state index contributed by atoms with van der Waals surface area (Å²) in [5.41, 5.74) is 0.525. The highest BCUT2D eigenvalue weighted by Crippen LogP contribution is 2.20. The maximum atomic E-state index is 5.55. The molecule has 12 heavy (non-hydrogen) atoms. The fraction of sp³-hybridized carbons (Fsp3) is 1.00. The Morgan fingerprint density at radius 1 is 1.00 bits per heavy atom. The van der Waals surface area contributed by atoms with Crippen LogP contribution in [0.1, 0.15) is 13.8 Å². The van der Waals surface area contributed by atoms with Crippen molar-refractivity contribution in [2.24, 2.45) is 0 Å². The molecule has 1 rings (SSSR count). The molecule has 1 fully saturated rings. The van der Waals surface area contributed by atoms with Crippen molar-refractivity contribution in [2.45, 2.75) is 24.7 Å². The Bertz CT molecular complexity index is 110. The second kappa shape index (κ2) is 6.13. The zero-order valence-electron chi connectivity index (χ0n) is 7.62. The molecule has 0 saturated carbocycles. The summed E-state index contributed by atoms with van der Waals surface area (Å²) in [6.45, 7) is 5.89. The lowest BCUT2D eigenvalue weighted by Crippen LogP contribution is -2.16. The van der Waals surface area contributed by atoms with Gasteiger partial charge in [0.15, 0.2) is 0 Å². The van der Waals surface area contributed by atoms with E-state index in [1.807, 2.05) is 11.8 Å². The Kier molecular flexibility index (Phi) is 5.47. The standard InChI is InChI=1S/C8H16O2S2/c1-7-9-3-5-11-6-4-10-8(2)12-7/h7-8H,3-6H2,1-2H3. The maximum Gasteiger partial charge on any atom is 0.102 e. The van der Waals surface area contributed by atoms with Crippen molar-refractivity contribution in [1.29, 1.82) is 0 Å². The lowest BCUT2D eigenvalue weighted by Gasteiger charge is -2.19. The van der Waals surface area contributed by atoms with E-state index in [1.165, 1.54) is 0 Å². The van der Waals surface area contributed by atoms with Crippen LogP contribution in [-0.4, -0.2) is 35.6 Å². The summed E-state index contributed by atoms with van der Waals surface area (Å²) in [7, 11) is 0. The topological polar surface area (TPSA) is 18.5 Å². The molecule has 0 radical (unpaired) electrons. The average molecular weight is 208 g/mol. The van der Waals surface area contributed by atoms with E-state index >= 15 is 0 Å². The van der Waals surface area contributed by atoms with Crippen molar-refractivity contribution in [3.05, 3.63) is 0 Å². The highest BCUT2D eigenvalue weighted by atomic mass is 32.2. The molecule has 0 amide bonds. The summed E-state index contributed by atoms with van der Waals surface area (Å²) in [5.74, 6) is 2.17. The number of ether oxygens (including phenoxy) is 2. The van der Waals surface area contributed by atoms with Crippen LogP contribution < -0.4 is 0 Å². The van der Waals surface area contributed by atoms with Crippen LogP contribution in [0.2, 0.25) is 0 Å². The van der Waals surface area contributed by atoms with E-state index in [0.29, 0.717) is 0 Å². The van der Waals surface area contributed by atoms with Crippen LogP contribution in [-0.2, 0) is 9.47 Å². The summed E-state index contributed by atoms with van der Waals surface area (Å²) >= 11 is 3.64. The fourth-order valence-electron chi connectivity index (χ4n) is 0.997. The summed E-state index contributed by atoms with van der Waals surface area (Å²) < 4.78 is 11.1. The van der Waals surface area contributed by atoms with Gasteiger partial charge in [-0.25, -0.2) is 0 Å². The third-order valence-corrected chi connectivity index (χ3v) is 3.49. The molecular formula is C8H16O2S2. The molecule has 0 N–H and O–H groups in total. The van der Waals surface area contributed by atoms with Gasteiger partial charge in [0.05, 0.1) is 13.2 Å². The Hall–Kier alpha value is 0.620. The number of rotatable bonds is 0. The van der Waals surface area contributed by atoms with Crippen LogP contribution in [0.15, 0.2) is 0 Å². The second-order valence-corrected chi connectivity index (χ2v) is 5.45. The number of hydrogen-bond acceptors (Lipinski definition) is 4. The number of thioether (sulfide) groups is 2. The van der Waals surface area contributed by atoms with Gasteiger partial charge in [-0.2, -0.15) is 11.8 Å². The van der Waals surface area contributed by atoms with E-state index in [-0.39, 0.29) is 10.9 Å². The summed E-state index contributed by atoms with van der Waals surface area (Å²) in [5, 5.41) is 0. The maximum absolute atomic E-state index is 5.55. The molecule has 1 saturated heterocycles. The molecule has 0 spiro atoms. The van der Waals surface area contributed by atoms with Crippen molar-refractivity contribution in [3.63, 3.8) is 0 Å². The van der Waals surface area contributed by atoms with Crippen molar-refractivity contribution >= 4 is 23.5 Å². The van der Waals surface area contributed by atoms with Crippen LogP contribution in [0.5, 0.6) is 0 Å². The SMILES string of the molecule is CC1OCCSCCOC(C)S1. The van der Waals surface area contributed by atoms with Gasteiger partial charge in [-0.3, -0.25) is 0 Å². The van der Waals surface area contributed by atoms with Crippen molar-refractivity contribution < 1.29 is 9.47 Å². The van der Waals surface area contributed by atoms with Gasteiger partial charge in [-0.05, 0) is 13.8 Å². The van der Waals surface area contributed by atoms with Crippen LogP contribution >= 0.6 is 23.5 Å². The van der Waals surface area contributed by atoms with Gasteiger partial charge in [-0.1, -0.05) is 11.8 Å². The molecule has 2 atom stereocenters. The van der Waals surface area contributed by atoms with Gasteiger partial charge in [0.25, 0.3) is 0 Å². The largest absolute Gasteiger partial charge is 0.367 e. The molecule has 0 aliphatic carbocycles. The molecule has 1 aliphatic rings. The lowest BCUT2D eigenvalue weighted by atomic mass is 10.8. The zero-order valence-corrected chi connectivity index (χ0v) is 9.25. The third-order valence-electron chi connectivity index (χ3n) is 1.54. The summed E-state index contributed by atoms with van der Waals surface area (Å²) in [6.07, 6.45) is 0. The highest BCUT2D eigenvalue weighted by Gasteiger charge is 2.10. The Morgan fingerprint density at radius 2 is 1.50 bits per heavy atom. The Morgan fingerprint density at radius 3 is 2.00 bits per heavy atom. The number of hydrogen-bond donors (Lipinski definition) is 0. The van der Waals surface area contributed by atoms with Gasteiger partial charge in [0.1, 0.15) is 10.9 Å². The molecule has 1 heterocycles. The predicted octanol–water partition coefficient (Wildman–Crippen LogP) is 2.19.